The van der Waals surface area contributed by atoms with Gasteiger partial charge in [0, 0.05) is 12.1 Å². The number of likely N-dealkylation sites (N-methyl/N-ethyl adjacent to an activating group) is 1. The largest absolute Gasteiger partial charge is 0.343 e. The van der Waals surface area contributed by atoms with E-state index in [2.05, 4.69) is 20.9 Å². The molecule has 0 radical (unpaired) electrons. The van der Waals surface area contributed by atoms with E-state index in [0.717, 1.165) is 47.8 Å². The van der Waals surface area contributed by atoms with Crippen LogP contribution < -0.4 is 33.2 Å². The van der Waals surface area contributed by atoms with Gasteiger partial charge in [-0.05, 0) is 94.1 Å². The van der Waals surface area contributed by atoms with Crippen LogP contribution in [0.2, 0.25) is 0 Å². The molecule has 1 saturated carbocycles. The number of likely N-dealkylation sites (tertiary alicyclic amines) is 1. The number of fused-ring (bicyclic) bond motifs is 1. The number of hydrogen-bond acceptors (Lipinski definition) is 11. The lowest BCUT2D eigenvalue weighted by Gasteiger charge is -2.30. The van der Waals surface area contributed by atoms with E-state index >= 15 is 0 Å². The van der Waals surface area contributed by atoms with Gasteiger partial charge in [-0.1, -0.05) is 98.8 Å². The quantitative estimate of drug-likeness (QED) is 0.0587. The van der Waals surface area contributed by atoms with Gasteiger partial charge in [0.1, 0.15) is 11.6 Å². The lowest BCUT2D eigenvalue weighted by Crippen LogP contribution is -2.55. The van der Waals surface area contributed by atoms with Crippen LogP contribution in [0.4, 0.5) is 4.79 Å². The van der Waals surface area contributed by atoms with Crippen molar-refractivity contribution in [3.05, 3.63) is 101 Å². The highest BCUT2D eigenvalue weighted by molar-refractivity contribution is 6.14. The van der Waals surface area contributed by atoms with Crippen molar-refractivity contribution in [2.75, 3.05) is 20.1 Å². The molecule has 0 unspecified atom stereocenters. The number of hydrogen-bond donors (Lipinski definition) is 6. The Balaban J connectivity index is 1.28. The summed E-state index contributed by atoms with van der Waals surface area (Å²) in [6, 6.07) is 17.9. The average Bonchev–Trinajstić information content (AvgIpc) is 3.94. The summed E-state index contributed by atoms with van der Waals surface area (Å²) in [4.78, 5) is 90.6. The van der Waals surface area contributed by atoms with Crippen LogP contribution in [0.15, 0.2) is 78.9 Å². The molecule has 5 atom stereocenters. The summed E-state index contributed by atoms with van der Waals surface area (Å²) in [7, 11) is 1.70. The van der Waals surface area contributed by atoms with E-state index in [0.29, 0.717) is 51.5 Å². The fourth-order valence-corrected chi connectivity index (χ4v) is 8.82. The number of para-hydroxylation sites is 1. The van der Waals surface area contributed by atoms with Gasteiger partial charge in [-0.15, -0.1) is 0 Å². The second-order valence-corrected chi connectivity index (χ2v) is 16.7. The van der Waals surface area contributed by atoms with Gasteiger partial charge < -0.3 is 32.7 Å². The molecule has 2 fully saturated rings. The van der Waals surface area contributed by atoms with E-state index in [4.69, 9.17) is 17.2 Å². The second kappa shape index (κ2) is 22.0. The zero-order chi connectivity index (χ0) is 44.2. The molecule has 1 aromatic heterocycles. The van der Waals surface area contributed by atoms with Crippen molar-refractivity contribution in [3.8, 4) is 0 Å². The van der Waals surface area contributed by atoms with Gasteiger partial charge >= 0.3 is 6.03 Å². The van der Waals surface area contributed by atoms with Crippen LogP contribution in [0.5, 0.6) is 0 Å². The van der Waals surface area contributed by atoms with E-state index in [-0.39, 0.29) is 53.1 Å². The Morgan fingerprint density at radius 1 is 0.758 bits per heavy atom. The predicted molar refractivity (Wildman–Crippen MR) is 237 cm³/mol. The van der Waals surface area contributed by atoms with Gasteiger partial charge in [0.2, 0.25) is 23.5 Å². The summed E-state index contributed by atoms with van der Waals surface area (Å²) in [5.41, 5.74) is 20.6. The Morgan fingerprint density at radius 2 is 1.44 bits per heavy atom. The topological polar surface area (TPSA) is 238 Å². The number of nitrogens with zero attached hydrogens (tertiary/aromatic N) is 3. The molecule has 2 aliphatic rings. The number of ketones is 2. The minimum absolute atomic E-state index is 0.0618. The van der Waals surface area contributed by atoms with E-state index in [1.165, 1.54) is 4.90 Å². The van der Waals surface area contributed by atoms with Crippen LogP contribution in [0.1, 0.15) is 103 Å². The highest BCUT2D eigenvalue weighted by Crippen LogP contribution is 2.30. The average molecular weight is 848 g/mol. The fourth-order valence-electron chi connectivity index (χ4n) is 8.82. The molecule has 330 valence electrons. The summed E-state index contributed by atoms with van der Waals surface area (Å²) >= 11 is 0. The maximum absolute atomic E-state index is 14.7. The van der Waals surface area contributed by atoms with E-state index < -0.39 is 53.7 Å². The van der Waals surface area contributed by atoms with Crippen molar-refractivity contribution in [3.63, 3.8) is 0 Å². The molecule has 62 heavy (non-hydrogen) atoms. The molecule has 4 amide bonds. The molecule has 9 N–H and O–H groups in total. The number of Topliss-reactive ketones (excluding diaryl/α,β-unsaturated/α-hetero) is 2. The molecule has 2 heterocycles. The first-order chi connectivity index (χ1) is 30.0. The molecule has 15 heteroatoms. The monoisotopic (exact) mass is 847 g/mol. The smallest absolute Gasteiger partial charge is 0.334 e. The van der Waals surface area contributed by atoms with Crippen LogP contribution in [0.3, 0.4) is 0 Å². The first kappa shape index (κ1) is 45.9. The van der Waals surface area contributed by atoms with Crippen LogP contribution >= 0.6 is 0 Å². The Bertz CT molecular complexity index is 2190. The molecule has 0 spiro atoms. The standard InChI is InChI=1S/C47H61N9O6/c1-51-37(29-32-19-9-4-10-20-32)45(60)52-36(22-11-12-25-48)46(61)55-26-14-24-39(55)41(57)33-21-13-23-38-40(33)53-43(42(58)34(49)27-30-15-5-2-6-16-30)56(38)47(62)54-44(59)35(50)28-31-17-7-3-8-18-31/h3-4,7-10,13,17-21,23,30,34-37,39,51H,2,5-6,11-12,14-16,22,24-29,48-50H2,1H3,(H,52,60)(H,54,59,62)/t34-,35+,36+,37+,39+/m1/s1. The minimum atomic E-state index is -1.08. The number of nitrogens with two attached hydrogens (primary N) is 3. The van der Waals surface area contributed by atoms with Crippen LogP contribution in [0, 0.1) is 5.92 Å². The Labute approximate surface area is 362 Å². The third-order valence-corrected chi connectivity index (χ3v) is 12.2. The summed E-state index contributed by atoms with van der Waals surface area (Å²) < 4.78 is 1.01. The zero-order valence-corrected chi connectivity index (χ0v) is 35.6. The van der Waals surface area contributed by atoms with E-state index in [9.17, 15) is 28.8 Å². The molecule has 6 rings (SSSR count). The van der Waals surface area contributed by atoms with Gasteiger partial charge in [-0.2, -0.15) is 0 Å². The summed E-state index contributed by atoms with van der Waals surface area (Å²) in [6.07, 6.45) is 8.56. The van der Waals surface area contributed by atoms with Crippen molar-refractivity contribution in [1.82, 2.24) is 30.4 Å². The van der Waals surface area contributed by atoms with Gasteiger partial charge in [0.05, 0.1) is 29.7 Å². The number of benzene rings is 3. The number of nitrogens with one attached hydrogen (secondary N) is 3. The molecule has 4 aromatic rings. The highest BCUT2D eigenvalue weighted by atomic mass is 16.2. The summed E-state index contributed by atoms with van der Waals surface area (Å²) in [5, 5.41) is 8.39. The van der Waals surface area contributed by atoms with E-state index in [1.54, 1.807) is 25.2 Å². The Morgan fingerprint density at radius 3 is 2.10 bits per heavy atom. The van der Waals surface area contributed by atoms with Gasteiger partial charge in [-0.3, -0.25) is 29.3 Å². The fraction of sp³-hybridized carbons (Fsp3) is 0.468. The molecule has 1 aliphatic carbocycles. The predicted octanol–water partition coefficient (Wildman–Crippen LogP) is 3.79. The number of imide groups is 1. The number of carbonyl (C=O) groups excluding carboxylic acids is 6. The lowest BCUT2D eigenvalue weighted by molar-refractivity contribution is -0.137. The van der Waals surface area contributed by atoms with Crippen molar-refractivity contribution >= 4 is 46.4 Å². The molecular formula is C47H61N9O6. The van der Waals surface area contributed by atoms with Gasteiger partial charge in [0.25, 0.3) is 0 Å². The lowest BCUT2D eigenvalue weighted by atomic mass is 9.84. The molecule has 15 nitrogen and oxygen atoms in total. The van der Waals surface area contributed by atoms with Crippen LogP contribution in [-0.2, 0) is 27.2 Å². The first-order valence-electron chi connectivity index (χ1n) is 22.0. The highest BCUT2D eigenvalue weighted by Gasteiger charge is 2.40. The number of rotatable bonds is 19. The summed E-state index contributed by atoms with van der Waals surface area (Å²) in [5.74, 6) is -2.56. The molecule has 1 aliphatic heterocycles. The van der Waals surface area contributed by atoms with Crippen molar-refractivity contribution < 1.29 is 28.8 Å². The molecule has 3 aromatic carbocycles. The number of unbranched alkanes of at least 4 members (excludes halogenated alkanes) is 1. The number of carbonyl (C=O) groups is 6. The maximum atomic E-state index is 14.7. The Kier molecular flexibility index (Phi) is 16.3. The minimum Gasteiger partial charge on any atom is -0.343 e. The molecular weight excluding hydrogens is 787 g/mol. The van der Waals surface area contributed by atoms with E-state index in [1.807, 2.05) is 60.7 Å². The second-order valence-electron chi connectivity index (χ2n) is 16.7. The van der Waals surface area contributed by atoms with Gasteiger partial charge in [0.15, 0.2) is 11.6 Å². The van der Waals surface area contributed by atoms with Crippen LogP contribution in [0.25, 0.3) is 11.0 Å². The third kappa shape index (κ3) is 11.3. The number of imidazole rings is 1. The van der Waals surface area contributed by atoms with Crippen molar-refractivity contribution in [2.45, 2.75) is 114 Å². The van der Waals surface area contributed by atoms with Crippen molar-refractivity contribution in [2.24, 2.45) is 23.1 Å². The first-order valence-corrected chi connectivity index (χ1v) is 22.0. The Hall–Kier alpha value is -5.61. The van der Waals surface area contributed by atoms with Gasteiger partial charge in [-0.25, -0.2) is 14.3 Å². The molecule has 1 saturated heterocycles. The SMILES string of the molecule is CN[C@@H](Cc1ccccc1)C(=O)N[C@@H](CCCCN)C(=O)N1CCC[C@H]1C(=O)c1cccc2c1nc(C(=O)[C@H](N)CC1CCCCC1)n2C(=O)NC(=O)[C@@H](N)Cc1ccccc1. The normalized spacial score (nSPS) is 17.5. The molecule has 0 bridgehead atoms. The third-order valence-electron chi connectivity index (χ3n) is 12.2. The number of amides is 4. The summed E-state index contributed by atoms with van der Waals surface area (Å²) in [6.45, 7) is 0.710. The van der Waals surface area contributed by atoms with Crippen LogP contribution in [-0.4, -0.2) is 100 Å². The number of aromatic nitrogens is 2. The van der Waals surface area contributed by atoms with Crippen molar-refractivity contribution in [1.29, 1.82) is 0 Å². The zero-order valence-electron chi connectivity index (χ0n) is 35.6. The maximum Gasteiger partial charge on any atom is 0.334 e.